The number of guanidine groups is 1. The number of aromatic nitrogens is 1. The Morgan fingerprint density at radius 2 is 1.95 bits per heavy atom. The number of hydrogen-bond acceptors (Lipinski definition) is 1. The summed E-state index contributed by atoms with van der Waals surface area (Å²) in [6.07, 6.45) is 2.07. The lowest BCUT2D eigenvalue weighted by Crippen LogP contribution is -2.38. The number of rotatable bonds is 5. The lowest BCUT2D eigenvalue weighted by Gasteiger charge is -2.22. The van der Waals surface area contributed by atoms with Gasteiger partial charge in [0, 0.05) is 32.5 Å². The van der Waals surface area contributed by atoms with E-state index in [-0.39, 0.29) is 0 Å². The number of nitrogens with one attached hydrogen (secondary N) is 1. The largest absolute Gasteiger partial charge is 0.357 e. The van der Waals surface area contributed by atoms with Crippen molar-refractivity contribution in [1.82, 2.24) is 14.8 Å². The van der Waals surface area contributed by atoms with E-state index in [1.807, 2.05) is 18.2 Å². The van der Waals surface area contributed by atoms with Gasteiger partial charge >= 0.3 is 0 Å². The summed E-state index contributed by atoms with van der Waals surface area (Å²) in [6, 6.07) is 14.5. The first-order valence-electron chi connectivity index (χ1n) is 7.34. The van der Waals surface area contributed by atoms with Crippen molar-refractivity contribution in [2.24, 2.45) is 12.0 Å². The minimum atomic E-state index is 0.695. The van der Waals surface area contributed by atoms with E-state index in [1.54, 1.807) is 0 Å². The average molecular weight is 284 g/mol. The van der Waals surface area contributed by atoms with Crippen molar-refractivity contribution in [2.75, 3.05) is 13.6 Å². The van der Waals surface area contributed by atoms with Gasteiger partial charge in [0.1, 0.15) is 0 Å². The SMILES string of the molecule is CCNC(=NCc1ccccc1)N(C)Cc1cccn1C. The number of hydrogen-bond donors (Lipinski definition) is 1. The maximum Gasteiger partial charge on any atom is 0.194 e. The van der Waals surface area contributed by atoms with Crippen molar-refractivity contribution in [2.45, 2.75) is 20.0 Å². The van der Waals surface area contributed by atoms with Crippen molar-refractivity contribution in [1.29, 1.82) is 0 Å². The van der Waals surface area contributed by atoms with Crippen LogP contribution in [0.15, 0.2) is 53.7 Å². The van der Waals surface area contributed by atoms with Crippen molar-refractivity contribution in [3.8, 4) is 0 Å². The fraction of sp³-hybridized carbons (Fsp3) is 0.353. The molecule has 0 atom stereocenters. The van der Waals surface area contributed by atoms with Gasteiger partial charge in [-0.05, 0) is 24.6 Å². The summed E-state index contributed by atoms with van der Waals surface area (Å²) in [5.74, 6) is 0.933. The van der Waals surface area contributed by atoms with Crippen molar-refractivity contribution in [3.63, 3.8) is 0 Å². The molecular formula is C17H24N4. The molecule has 1 N–H and O–H groups in total. The van der Waals surface area contributed by atoms with Crippen LogP contribution in [0.1, 0.15) is 18.2 Å². The first kappa shape index (κ1) is 15.2. The van der Waals surface area contributed by atoms with E-state index >= 15 is 0 Å². The molecule has 2 aromatic rings. The number of aryl methyl sites for hydroxylation is 1. The lowest BCUT2D eigenvalue weighted by molar-refractivity contribution is 0.462. The molecule has 21 heavy (non-hydrogen) atoms. The third-order valence-corrected chi connectivity index (χ3v) is 3.40. The predicted octanol–water partition coefficient (Wildman–Crippen LogP) is 2.62. The standard InChI is InChI=1S/C17H24N4/c1-4-18-17(19-13-15-9-6-5-7-10-15)21(3)14-16-11-8-12-20(16)2/h5-12H,4,13-14H2,1-3H3,(H,18,19). The second-order valence-corrected chi connectivity index (χ2v) is 5.12. The highest BCUT2D eigenvalue weighted by Gasteiger charge is 2.08. The van der Waals surface area contributed by atoms with Crippen molar-refractivity contribution >= 4 is 5.96 Å². The van der Waals surface area contributed by atoms with Gasteiger partial charge in [0.25, 0.3) is 0 Å². The van der Waals surface area contributed by atoms with Gasteiger partial charge in [0.2, 0.25) is 0 Å². The van der Waals surface area contributed by atoms with Crippen LogP contribution >= 0.6 is 0 Å². The van der Waals surface area contributed by atoms with Gasteiger partial charge < -0.3 is 14.8 Å². The van der Waals surface area contributed by atoms with Gasteiger partial charge in [-0.25, -0.2) is 4.99 Å². The van der Waals surface area contributed by atoms with Gasteiger partial charge in [-0.1, -0.05) is 30.3 Å². The van der Waals surface area contributed by atoms with Gasteiger partial charge in [-0.2, -0.15) is 0 Å². The van der Waals surface area contributed by atoms with E-state index in [0.29, 0.717) is 6.54 Å². The first-order valence-corrected chi connectivity index (χ1v) is 7.34. The Balaban J connectivity index is 2.05. The molecule has 0 spiro atoms. The summed E-state index contributed by atoms with van der Waals surface area (Å²) < 4.78 is 2.14. The summed E-state index contributed by atoms with van der Waals surface area (Å²) >= 11 is 0. The molecule has 112 valence electrons. The molecule has 1 heterocycles. The highest BCUT2D eigenvalue weighted by Crippen LogP contribution is 2.05. The fourth-order valence-electron chi connectivity index (χ4n) is 2.20. The smallest absolute Gasteiger partial charge is 0.194 e. The van der Waals surface area contributed by atoms with E-state index in [4.69, 9.17) is 4.99 Å². The summed E-state index contributed by atoms with van der Waals surface area (Å²) in [5, 5.41) is 3.35. The molecule has 4 heteroatoms. The monoisotopic (exact) mass is 284 g/mol. The lowest BCUT2D eigenvalue weighted by atomic mass is 10.2. The van der Waals surface area contributed by atoms with E-state index in [1.165, 1.54) is 11.3 Å². The topological polar surface area (TPSA) is 32.6 Å². The van der Waals surface area contributed by atoms with Crippen LogP contribution < -0.4 is 5.32 Å². The molecule has 0 radical (unpaired) electrons. The Labute approximate surface area is 127 Å². The zero-order chi connectivity index (χ0) is 15.1. The minimum absolute atomic E-state index is 0.695. The Hall–Kier alpha value is -2.23. The number of benzene rings is 1. The molecule has 0 saturated heterocycles. The van der Waals surface area contributed by atoms with E-state index in [0.717, 1.165) is 19.0 Å². The van der Waals surface area contributed by atoms with Crippen LogP contribution in [0.5, 0.6) is 0 Å². The predicted molar refractivity (Wildman–Crippen MR) is 88.1 cm³/mol. The summed E-state index contributed by atoms with van der Waals surface area (Å²) in [5.41, 5.74) is 2.49. The van der Waals surface area contributed by atoms with Crippen molar-refractivity contribution in [3.05, 3.63) is 59.9 Å². The fourth-order valence-corrected chi connectivity index (χ4v) is 2.20. The quantitative estimate of drug-likeness (QED) is 0.676. The zero-order valence-electron chi connectivity index (χ0n) is 13.1. The number of aliphatic imine (C=N–C) groups is 1. The molecule has 0 aliphatic heterocycles. The molecule has 0 amide bonds. The normalized spacial score (nSPS) is 11.5. The summed E-state index contributed by atoms with van der Waals surface area (Å²) in [6.45, 7) is 4.49. The molecule has 0 fully saturated rings. The zero-order valence-corrected chi connectivity index (χ0v) is 13.1. The molecule has 0 unspecified atom stereocenters. The van der Waals surface area contributed by atoms with Gasteiger partial charge in [0.15, 0.2) is 5.96 Å². The summed E-state index contributed by atoms with van der Waals surface area (Å²) in [7, 11) is 4.14. The van der Waals surface area contributed by atoms with Gasteiger partial charge in [-0.3, -0.25) is 0 Å². The van der Waals surface area contributed by atoms with Gasteiger partial charge in [0.05, 0.1) is 13.1 Å². The van der Waals surface area contributed by atoms with Crippen LogP contribution in [0, 0.1) is 0 Å². The minimum Gasteiger partial charge on any atom is -0.357 e. The van der Waals surface area contributed by atoms with E-state index in [2.05, 4.69) is 66.3 Å². The molecule has 0 bridgehead atoms. The summed E-state index contributed by atoms with van der Waals surface area (Å²) in [4.78, 5) is 6.87. The van der Waals surface area contributed by atoms with Crippen molar-refractivity contribution < 1.29 is 0 Å². The van der Waals surface area contributed by atoms with Crippen LogP contribution in [0.2, 0.25) is 0 Å². The maximum atomic E-state index is 4.72. The molecule has 0 aliphatic carbocycles. The highest BCUT2D eigenvalue weighted by atomic mass is 15.3. The molecule has 1 aromatic heterocycles. The Kier molecular flexibility index (Phi) is 5.43. The van der Waals surface area contributed by atoms with Crippen LogP contribution in [0.4, 0.5) is 0 Å². The van der Waals surface area contributed by atoms with Gasteiger partial charge in [-0.15, -0.1) is 0 Å². The molecule has 1 aromatic carbocycles. The maximum absolute atomic E-state index is 4.72. The Morgan fingerprint density at radius 3 is 2.57 bits per heavy atom. The first-order chi connectivity index (χ1) is 10.2. The second-order valence-electron chi connectivity index (χ2n) is 5.12. The molecular weight excluding hydrogens is 260 g/mol. The molecule has 4 nitrogen and oxygen atoms in total. The van der Waals surface area contributed by atoms with E-state index in [9.17, 15) is 0 Å². The molecule has 2 rings (SSSR count). The third-order valence-electron chi connectivity index (χ3n) is 3.40. The van der Waals surface area contributed by atoms with E-state index < -0.39 is 0 Å². The highest BCUT2D eigenvalue weighted by molar-refractivity contribution is 5.79. The average Bonchev–Trinajstić information content (AvgIpc) is 2.89. The number of nitrogens with zero attached hydrogens (tertiary/aromatic N) is 3. The molecule has 0 aliphatic rings. The van der Waals surface area contributed by atoms with Crippen LogP contribution in [-0.4, -0.2) is 29.0 Å². The van der Waals surface area contributed by atoms with Crippen LogP contribution in [-0.2, 0) is 20.1 Å². The Bertz CT molecular complexity index is 571. The second kappa shape index (κ2) is 7.53. The Morgan fingerprint density at radius 1 is 1.19 bits per heavy atom. The molecule has 0 saturated carbocycles. The third kappa shape index (κ3) is 4.38. The van der Waals surface area contributed by atoms with Crippen LogP contribution in [0.3, 0.4) is 0 Å². The van der Waals surface area contributed by atoms with Crippen LogP contribution in [0.25, 0.3) is 0 Å².